The first-order valence-corrected chi connectivity index (χ1v) is 5.67. The highest BCUT2D eigenvalue weighted by Crippen LogP contribution is 2.16. The maximum Gasteiger partial charge on any atom is 0.328 e. The second-order valence-electron chi connectivity index (χ2n) is 4.01. The topological polar surface area (TPSA) is 70.1 Å². The predicted octanol–water partition coefficient (Wildman–Crippen LogP) is 1.77. The zero-order valence-electron chi connectivity index (χ0n) is 10.1. The Kier molecular flexibility index (Phi) is 3.62. The van der Waals surface area contributed by atoms with E-state index in [-0.39, 0.29) is 18.6 Å². The number of nitrogens with zero attached hydrogens (tertiary/aromatic N) is 2. The first kappa shape index (κ1) is 12.2. The predicted molar refractivity (Wildman–Crippen MR) is 67.6 cm³/mol. The summed E-state index contributed by atoms with van der Waals surface area (Å²) in [6, 6.07) is 9.58. The smallest absolute Gasteiger partial charge is 0.328 e. The average Bonchev–Trinajstić information content (AvgIpc) is 2.75. The standard InChI is InChI=1S/C13H15N3O2/c1-10(11-5-3-2-4-6-11)18-13(17)9-16-8-12(14)7-15-16/h2-8,10H,9,14H2,1H3. The first-order chi connectivity index (χ1) is 8.65. The molecule has 5 heteroatoms. The fourth-order valence-electron chi connectivity index (χ4n) is 1.62. The van der Waals surface area contributed by atoms with Gasteiger partial charge in [-0.25, -0.2) is 0 Å². The Morgan fingerprint density at radius 1 is 1.44 bits per heavy atom. The second-order valence-corrected chi connectivity index (χ2v) is 4.01. The van der Waals surface area contributed by atoms with Gasteiger partial charge < -0.3 is 10.5 Å². The molecule has 1 aromatic carbocycles. The zero-order chi connectivity index (χ0) is 13.0. The lowest BCUT2D eigenvalue weighted by molar-refractivity contribution is -0.149. The van der Waals surface area contributed by atoms with E-state index in [1.807, 2.05) is 37.3 Å². The lowest BCUT2D eigenvalue weighted by Crippen LogP contribution is -2.16. The van der Waals surface area contributed by atoms with Crippen LogP contribution in [0.2, 0.25) is 0 Å². The molecule has 1 aromatic heterocycles. The fourth-order valence-corrected chi connectivity index (χ4v) is 1.62. The second kappa shape index (κ2) is 5.35. The monoisotopic (exact) mass is 245 g/mol. The Morgan fingerprint density at radius 3 is 2.78 bits per heavy atom. The van der Waals surface area contributed by atoms with Gasteiger partial charge in [-0.05, 0) is 12.5 Å². The lowest BCUT2D eigenvalue weighted by atomic mass is 10.1. The van der Waals surface area contributed by atoms with Crippen LogP contribution in [0.5, 0.6) is 0 Å². The van der Waals surface area contributed by atoms with Crippen LogP contribution in [0.1, 0.15) is 18.6 Å². The molecule has 0 saturated heterocycles. The summed E-state index contributed by atoms with van der Waals surface area (Å²) in [6.07, 6.45) is 2.81. The Hall–Kier alpha value is -2.30. The van der Waals surface area contributed by atoms with Gasteiger partial charge >= 0.3 is 5.97 Å². The van der Waals surface area contributed by atoms with Crippen LogP contribution in [0.4, 0.5) is 5.69 Å². The summed E-state index contributed by atoms with van der Waals surface area (Å²) in [4.78, 5) is 11.7. The summed E-state index contributed by atoms with van der Waals surface area (Å²) in [5.74, 6) is -0.338. The van der Waals surface area contributed by atoms with E-state index in [1.165, 1.54) is 10.9 Å². The summed E-state index contributed by atoms with van der Waals surface area (Å²) >= 11 is 0. The molecular weight excluding hydrogens is 230 g/mol. The van der Waals surface area contributed by atoms with Gasteiger partial charge in [-0.3, -0.25) is 9.48 Å². The zero-order valence-corrected chi connectivity index (χ0v) is 10.1. The van der Waals surface area contributed by atoms with Crippen LogP contribution < -0.4 is 5.73 Å². The highest BCUT2D eigenvalue weighted by Gasteiger charge is 2.12. The molecule has 94 valence electrons. The molecule has 0 saturated carbocycles. The molecule has 2 rings (SSSR count). The number of nitrogen functional groups attached to an aromatic ring is 1. The van der Waals surface area contributed by atoms with Crippen LogP contribution in [0.15, 0.2) is 42.7 Å². The third kappa shape index (κ3) is 3.10. The molecule has 0 fully saturated rings. The Morgan fingerprint density at radius 2 is 2.17 bits per heavy atom. The van der Waals surface area contributed by atoms with Crippen molar-refractivity contribution in [2.75, 3.05) is 5.73 Å². The first-order valence-electron chi connectivity index (χ1n) is 5.67. The van der Waals surface area contributed by atoms with Crippen molar-refractivity contribution in [3.63, 3.8) is 0 Å². The quantitative estimate of drug-likeness (QED) is 0.833. The third-order valence-corrected chi connectivity index (χ3v) is 2.52. The van der Waals surface area contributed by atoms with Crippen molar-refractivity contribution in [1.82, 2.24) is 9.78 Å². The van der Waals surface area contributed by atoms with Crippen molar-refractivity contribution in [3.05, 3.63) is 48.3 Å². The molecule has 0 aliphatic rings. The van der Waals surface area contributed by atoms with Gasteiger partial charge in [-0.1, -0.05) is 30.3 Å². The SMILES string of the molecule is CC(OC(=O)Cn1cc(N)cn1)c1ccccc1. The minimum atomic E-state index is -0.338. The number of esters is 1. The molecule has 18 heavy (non-hydrogen) atoms. The number of nitrogens with two attached hydrogens (primary N) is 1. The van der Waals surface area contributed by atoms with Gasteiger partial charge in [0.15, 0.2) is 0 Å². The van der Waals surface area contributed by atoms with Crippen LogP contribution in [-0.4, -0.2) is 15.7 Å². The van der Waals surface area contributed by atoms with E-state index in [9.17, 15) is 4.79 Å². The van der Waals surface area contributed by atoms with Gasteiger partial charge in [0.05, 0.1) is 11.9 Å². The van der Waals surface area contributed by atoms with Gasteiger partial charge in [0, 0.05) is 6.20 Å². The van der Waals surface area contributed by atoms with Gasteiger partial charge in [-0.15, -0.1) is 0 Å². The van der Waals surface area contributed by atoms with Crippen molar-refractivity contribution >= 4 is 11.7 Å². The van der Waals surface area contributed by atoms with Crippen molar-refractivity contribution in [2.45, 2.75) is 19.6 Å². The molecule has 2 N–H and O–H groups in total. The molecule has 2 aromatic rings. The fraction of sp³-hybridized carbons (Fsp3) is 0.231. The minimum Gasteiger partial charge on any atom is -0.456 e. The van der Waals surface area contributed by atoms with Crippen LogP contribution >= 0.6 is 0 Å². The van der Waals surface area contributed by atoms with Crippen molar-refractivity contribution in [3.8, 4) is 0 Å². The van der Waals surface area contributed by atoms with E-state index in [2.05, 4.69) is 5.10 Å². The number of hydrogen-bond donors (Lipinski definition) is 1. The summed E-state index contributed by atoms with van der Waals surface area (Å²) < 4.78 is 6.76. The van der Waals surface area contributed by atoms with E-state index in [0.29, 0.717) is 5.69 Å². The van der Waals surface area contributed by atoms with Crippen molar-refractivity contribution < 1.29 is 9.53 Å². The number of hydrogen-bond acceptors (Lipinski definition) is 4. The maximum atomic E-state index is 11.7. The maximum absolute atomic E-state index is 11.7. The third-order valence-electron chi connectivity index (χ3n) is 2.52. The Balaban J connectivity index is 1.92. The van der Waals surface area contributed by atoms with Crippen LogP contribution in [0, 0.1) is 0 Å². The highest BCUT2D eigenvalue weighted by atomic mass is 16.5. The molecule has 1 atom stereocenters. The number of carbonyl (C=O) groups excluding carboxylic acids is 1. The van der Waals surface area contributed by atoms with E-state index in [1.54, 1.807) is 6.20 Å². The molecule has 1 unspecified atom stereocenters. The molecule has 5 nitrogen and oxygen atoms in total. The van der Waals surface area contributed by atoms with Crippen LogP contribution in [0.3, 0.4) is 0 Å². The molecular formula is C13H15N3O2. The van der Waals surface area contributed by atoms with Gasteiger partial charge in [-0.2, -0.15) is 5.10 Å². The molecule has 0 radical (unpaired) electrons. The van der Waals surface area contributed by atoms with Crippen molar-refractivity contribution in [1.29, 1.82) is 0 Å². The number of rotatable bonds is 4. The average molecular weight is 245 g/mol. The van der Waals surface area contributed by atoms with E-state index in [0.717, 1.165) is 5.56 Å². The van der Waals surface area contributed by atoms with E-state index in [4.69, 9.17) is 10.5 Å². The minimum absolute atomic E-state index is 0.0639. The molecule has 0 spiro atoms. The molecule has 1 heterocycles. The Bertz CT molecular complexity index is 522. The summed E-state index contributed by atoms with van der Waals surface area (Å²) in [5.41, 5.74) is 7.00. The molecule has 0 bridgehead atoms. The van der Waals surface area contributed by atoms with Gasteiger partial charge in [0.25, 0.3) is 0 Å². The number of ether oxygens (including phenoxy) is 1. The number of anilines is 1. The number of aromatic nitrogens is 2. The lowest BCUT2D eigenvalue weighted by Gasteiger charge is -2.13. The normalized spacial score (nSPS) is 12.1. The molecule has 0 aliphatic carbocycles. The summed E-state index contributed by atoms with van der Waals surface area (Å²) in [5, 5.41) is 3.93. The van der Waals surface area contributed by atoms with Gasteiger partial charge in [0.1, 0.15) is 12.6 Å². The van der Waals surface area contributed by atoms with Crippen molar-refractivity contribution in [2.24, 2.45) is 0 Å². The molecule has 0 aliphatic heterocycles. The highest BCUT2D eigenvalue weighted by molar-refractivity contribution is 5.69. The summed E-state index contributed by atoms with van der Waals surface area (Å²) in [6.45, 7) is 1.90. The van der Waals surface area contributed by atoms with Crippen LogP contribution in [0.25, 0.3) is 0 Å². The van der Waals surface area contributed by atoms with Gasteiger partial charge in [0.2, 0.25) is 0 Å². The number of benzene rings is 1. The largest absolute Gasteiger partial charge is 0.456 e. The van der Waals surface area contributed by atoms with Crippen LogP contribution in [-0.2, 0) is 16.1 Å². The van der Waals surface area contributed by atoms with E-state index >= 15 is 0 Å². The number of carbonyl (C=O) groups is 1. The van der Waals surface area contributed by atoms with E-state index < -0.39 is 0 Å². The summed E-state index contributed by atoms with van der Waals surface area (Å²) in [7, 11) is 0. The molecule has 0 amide bonds. The Labute approximate surface area is 105 Å².